The van der Waals surface area contributed by atoms with Crippen molar-refractivity contribution in [2.24, 2.45) is 5.92 Å². The van der Waals surface area contributed by atoms with Gasteiger partial charge in [-0.1, -0.05) is 13.8 Å². The molecule has 1 unspecified atom stereocenters. The summed E-state index contributed by atoms with van der Waals surface area (Å²) in [5.41, 5.74) is 2.39. The van der Waals surface area contributed by atoms with Gasteiger partial charge in [0.1, 0.15) is 0 Å². The first kappa shape index (κ1) is 13.3. The van der Waals surface area contributed by atoms with E-state index in [0.717, 1.165) is 24.6 Å². The van der Waals surface area contributed by atoms with Crippen LogP contribution in [0.25, 0.3) is 0 Å². The van der Waals surface area contributed by atoms with Crippen LogP contribution in [0.4, 0.5) is 5.69 Å². The van der Waals surface area contributed by atoms with Crippen LogP contribution in [-0.4, -0.2) is 25.1 Å². The van der Waals surface area contributed by atoms with Gasteiger partial charge in [-0.15, -0.1) is 0 Å². The number of pyridine rings is 1. The van der Waals surface area contributed by atoms with Gasteiger partial charge in [-0.3, -0.25) is 4.98 Å². The zero-order valence-corrected chi connectivity index (χ0v) is 11.8. The molecule has 1 saturated carbocycles. The molecular formula is C15H25N3. The molecule has 1 N–H and O–H groups in total. The quantitative estimate of drug-likeness (QED) is 0.803. The summed E-state index contributed by atoms with van der Waals surface area (Å²) in [6, 6.07) is 4.75. The molecule has 2 rings (SSSR count). The van der Waals surface area contributed by atoms with Crippen LogP contribution < -0.4 is 10.2 Å². The summed E-state index contributed by atoms with van der Waals surface area (Å²) in [5.74, 6) is 0.917. The Hall–Kier alpha value is -1.09. The van der Waals surface area contributed by atoms with E-state index in [1.807, 2.05) is 6.20 Å². The van der Waals surface area contributed by atoms with Crippen LogP contribution >= 0.6 is 0 Å². The van der Waals surface area contributed by atoms with Crippen molar-refractivity contribution in [3.63, 3.8) is 0 Å². The second-order valence-corrected chi connectivity index (χ2v) is 5.28. The molecule has 1 heterocycles. The van der Waals surface area contributed by atoms with Gasteiger partial charge < -0.3 is 10.2 Å². The topological polar surface area (TPSA) is 28.2 Å². The molecule has 0 aromatic carbocycles. The number of hydrogen-bond donors (Lipinski definition) is 1. The van der Waals surface area contributed by atoms with E-state index in [0.29, 0.717) is 6.04 Å². The highest BCUT2D eigenvalue weighted by Crippen LogP contribution is 2.30. The average Bonchev–Trinajstić information content (AvgIpc) is 3.20. The summed E-state index contributed by atoms with van der Waals surface area (Å²) >= 11 is 0. The van der Waals surface area contributed by atoms with E-state index in [2.05, 4.69) is 48.2 Å². The first-order valence-electron chi connectivity index (χ1n) is 7.15. The molecule has 0 bridgehead atoms. The molecular weight excluding hydrogens is 222 g/mol. The molecule has 18 heavy (non-hydrogen) atoms. The molecule has 1 aliphatic rings. The fourth-order valence-electron chi connectivity index (χ4n) is 2.33. The van der Waals surface area contributed by atoms with E-state index in [4.69, 9.17) is 0 Å². The Morgan fingerprint density at radius 1 is 1.39 bits per heavy atom. The van der Waals surface area contributed by atoms with Crippen LogP contribution in [0.3, 0.4) is 0 Å². The average molecular weight is 247 g/mol. The van der Waals surface area contributed by atoms with E-state index < -0.39 is 0 Å². The van der Waals surface area contributed by atoms with Crippen LogP contribution in [0.5, 0.6) is 0 Å². The van der Waals surface area contributed by atoms with Crippen molar-refractivity contribution in [2.45, 2.75) is 39.2 Å². The zero-order valence-electron chi connectivity index (χ0n) is 11.8. The molecule has 0 radical (unpaired) electrons. The van der Waals surface area contributed by atoms with Crippen molar-refractivity contribution >= 4 is 5.69 Å². The number of hydrogen-bond acceptors (Lipinski definition) is 3. The maximum atomic E-state index is 4.61. The van der Waals surface area contributed by atoms with Gasteiger partial charge in [0.2, 0.25) is 0 Å². The first-order valence-corrected chi connectivity index (χ1v) is 7.15. The van der Waals surface area contributed by atoms with Gasteiger partial charge in [-0.2, -0.15) is 0 Å². The second kappa shape index (κ2) is 6.19. The molecule has 0 saturated heterocycles. The molecule has 1 aromatic heterocycles. The Balaban J connectivity index is 1.98. The molecule has 0 aliphatic heterocycles. The maximum absolute atomic E-state index is 4.61. The summed E-state index contributed by atoms with van der Waals surface area (Å²) in [4.78, 5) is 6.94. The van der Waals surface area contributed by atoms with E-state index in [-0.39, 0.29) is 0 Å². The lowest BCUT2D eigenvalue weighted by Crippen LogP contribution is -2.22. The number of rotatable bonds is 7. The SMILES string of the molecule is CCNC(CC)c1ccc(N(C)CC2CC2)cn1. The van der Waals surface area contributed by atoms with Gasteiger partial charge in [0.05, 0.1) is 17.6 Å². The molecule has 3 heteroatoms. The highest BCUT2D eigenvalue weighted by Gasteiger charge is 2.23. The zero-order chi connectivity index (χ0) is 13.0. The number of anilines is 1. The summed E-state index contributed by atoms with van der Waals surface area (Å²) in [7, 11) is 2.16. The third kappa shape index (κ3) is 3.45. The largest absolute Gasteiger partial charge is 0.373 e. The maximum Gasteiger partial charge on any atom is 0.0574 e. The predicted molar refractivity (Wildman–Crippen MR) is 76.9 cm³/mol. The van der Waals surface area contributed by atoms with Gasteiger partial charge in [0.15, 0.2) is 0 Å². The molecule has 1 aliphatic carbocycles. The van der Waals surface area contributed by atoms with Crippen LogP contribution in [-0.2, 0) is 0 Å². The monoisotopic (exact) mass is 247 g/mol. The number of nitrogens with zero attached hydrogens (tertiary/aromatic N) is 2. The predicted octanol–water partition coefficient (Wildman–Crippen LogP) is 2.99. The Kier molecular flexibility index (Phi) is 4.59. The highest BCUT2D eigenvalue weighted by atomic mass is 15.1. The van der Waals surface area contributed by atoms with Crippen molar-refractivity contribution in [3.05, 3.63) is 24.0 Å². The lowest BCUT2D eigenvalue weighted by Gasteiger charge is -2.20. The van der Waals surface area contributed by atoms with Crippen molar-refractivity contribution in [2.75, 3.05) is 25.0 Å². The molecule has 1 fully saturated rings. The normalized spacial score (nSPS) is 16.6. The lowest BCUT2D eigenvalue weighted by atomic mass is 10.1. The third-order valence-corrected chi connectivity index (χ3v) is 3.66. The van der Waals surface area contributed by atoms with Crippen molar-refractivity contribution in [1.82, 2.24) is 10.3 Å². The van der Waals surface area contributed by atoms with Crippen molar-refractivity contribution in [3.8, 4) is 0 Å². The molecule has 0 spiro atoms. The standard InChI is InChI=1S/C15H25N3/c1-4-14(16-5-2)15-9-8-13(10-17-15)18(3)11-12-6-7-12/h8-10,12,14,16H,4-7,11H2,1-3H3. The molecule has 100 valence electrons. The van der Waals surface area contributed by atoms with Gasteiger partial charge in [-0.05, 0) is 43.9 Å². The van der Waals surface area contributed by atoms with Crippen molar-refractivity contribution < 1.29 is 0 Å². The van der Waals surface area contributed by atoms with E-state index in [1.165, 1.54) is 25.1 Å². The second-order valence-electron chi connectivity index (χ2n) is 5.28. The van der Waals surface area contributed by atoms with Crippen LogP contribution in [0.1, 0.15) is 44.8 Å². The van der Waals surface area contributed by atoms with Gasteiger partial charge in [0.25, 0.3) is 0 Å². The van der Waals surface area contributed by atoms with Gasteiger partial charge in [-0.25, -0.2) is 0 Å². The fraction of sp³-hybridized carbons (Fsp3) is 0.667. The summed E-state index contributed by atoms with van der Waals surface area (Å²) in [6.07, 6.45) is 5.89. The minimum absolute atomic E-state index is 0.387. The molecule has 1 aromatic rings. The van der Waals surface area contributed by atoms with E-state index >= 15 is 0 Å². The Morgan fingerprint density at radius 3 is 2.67 bits per heavy atom. The summed E-state index contributed by atoms with van der Waals surface area (Å²) in [5, 5.41) is 3.46. The highest BCUT2D eigenvalue weighted by molar-refractivity contribution is 5.44. The van der Waals surface area contributed by atoms with E-state index in [1.54, 1.807) is 0 Å². The van der Waals surface area contributed by atoms with Gasteiger partial charge >= 0.3 is 0 Å². The van der Waals surface area contributed by atoms with Gasteiger partial charge in [0, 0.05) is 19.6 Å². The number of aromatic nitrogens is 1. The third-order valence-electron chi connectivity index (χ3n) is 3.66. The van der Waals surface area contributed by atoms with E-state index in [9.17, 15) is 0 Å². The first-order chi connectivity index (χ1) is 8.74. The minimum atomic E-state index is 0.387. The lowest BCUT2D eigenvalue weighted by molar-refractivity contribution is 0.525. The van der Waals surface area contributed by atoms with Crippen LogP contribution in [0.2, 0.25) is 0 Å². The molecule has 1 atom stereocenters. The summed E-state index contributed by atoms with van der Waals surface area (Å²) < 4.78 is 0. The van der Waals surface area contributed by atoms with Crippen LogP contribution in [0.15, 0.2) is 18.3 Å². The van der Waals surface area contributed by atoms with Crippen molar-refractivity contribution in [1.29, 1.82) is 0 Å². The number of nitrogens with one attached hydrogen (secondary N) is 1. The molecule has 0 amide bonds. The molecule has 3 nitrogen and oxygen atoms in total. The smallest absolute Gasteiger partial charge is 0.0574 e. The summed E-state index contributed by atoms with van der Waals surface area (Å²) in [6.45, 7) is 6.50. The Bertz CT molecular complexity index is 357. The Labute approximate surface area is 111 Å². The minimum Gasteiger partial charge on any atom is -0.373 e. The fourth-order valence-corrected chi connectivity index (χ4v) is 2.33. The Morgan fingerprint density at radius 2 is 2.17 bits per heavy atom. The van der Waals surface area contributed by atoms with Crippen LogP contribution in [0, 0.1) is 5.92 Å².